The third kappa shape index (κ3) is 1.82. The van der Waals surface area contributed by atoms with Gasteiger partial charge in [0.2, 0.25) is 0 Å². The summed E-state index contributed by atoms with van der Waals surface area (Å²) in [6.45, 7) is 0. The van der Waals surface area contributed by atoms with Crippen LogP contribution in [0.25, 0.3) is 5.65 Å². The fourth-order valence-electron chi connectivity index (χ4n) is 1.70. The van der Waals surface area contributed by atoms with Gasteiger partial charge in [-0.3, -0.25) is 4.79 Å². The third-order valence-electron chi connectivity index (χ3n) is 2.56. The molecule has 1 N–H and O–H groups in total. The molecule has 3 aromatic rings. The van der Waals surface area contributed by atoms with Gasteiger partial charge in [0.15, 0.2) is 5.65 Å². The number of fused-ring (bicyclic) bond motifs is 1. The van der Waals surface area contributed by atoms with Crippen LogP contribution in [0.3, 0.4) is 0 Å². The van der Waals surface area contributed by atoms with Gasteiger partial charge in [-0.2, -0.15) is 5.10 Å². The van der Waals surface area contributed by atoms with Crippen LogP contribution in [-0.2, 0) is 0 Å². The number of anilines is 1. The zero-order valence-electron chi connectivity index (χ0n) is 9.45. The number of carbonyl (C=O) groups is 1. The molecule has 0 radical (unpaired) electrons. The summed E-state index contributed by atoms with van der Waals surface area (Å²) in [5.74, 6) is -0.170. The molecule has 1 amide bonds. The van der Waals surface area contributed by atoms with Crippen molar-refractivity contribution in [2.45, 2.75) is 0 Å². The van der Waals surface area contributed by atoms with Gasteiger partial charge in [0.1, 0.15) is 5.69 Å². The van der Waals surface area contributed by atoms with Crippen LogP contribution < -0.4 is 5.32 Å². The second kappa shape index (κ2) is 4.29. The van der Waals surface area contributed by atoms with Gasteiger partial charge >= 0.3 is 0 Å². The minimum absolute atomic E-state index is 0.170. The van der Waals surface area contributed by atoms with Crippen molar-refractivity contribution in [3.05, 3.63) is 60.6 Å². The van der Waals surface area contributed by atoms with Crippen molar-refractivity contribution in [1.29, 1.82) is 0 Å². The van der Waals surface area contributed by atoms with Crippen LogP contribution in [0, 0.1) is 0 Å². The van der Waals surface area contributed by atoms with Crippen LogP contribution in [0.15, 0.2) is 55.0 Å². The Hall–Kier alpha value is -2.69. The molecule has 5 nitrogen and oxygen atoms in total. The number of rotatable bonds is 2. The smallest absolute Gasteiger partial charge is 0.255 e. The van der Waals surface area contributed by atoms with E-state index in [1.807, 2.05) is 18.2 Å². The zero-order valence-corrected chi connectivity index (χ0v) is 9.45. The average Bonchev–Trinajstić information content (AvgIpc) is 2.83. The van der Waals surface area contributed by atoms with E-state index in [9.17, 15) is 4.79 Å². The summed E-state index contributed by atoms with van der Waals surface area (Å²) in [6, 6.07) is 10.8. The van der Waals surface area contributed by atoms with Gasteiger partial charge < -0.3 is 5.32 Å². The summed E-state index contributed by atoms with van der Waals surface area (Å²) in [6.07, 6.45) is 5.03. The van der Waals surface area contributed by atoms with Crippen LogP contribution in [0.2, 0.25) is 0 Å². The first kappa shape index (κ1) is 10.5. The first-order valence-corrected chi connectivity index (χ1v) is 5.49. The maximum absolute atomic E-state index is 12.0. The Bertz CT molecular complexity index is 690. The minimum atomic E-state index is -0.170. The fourth-order valence-corrected chi connectivity index (χ4v) is 1.70. The molecule has 18 heavy (non-hydrogen) atoms. The molecular weight excluding hydrogens is 228 g/mol. The second-order valence-corrected chi connectivity index (χ2v) is 3.77. The number of carbonyl (C=O) groups excluding carboxylic acids is 1. The molecule has 0 unspecified atom stereocenters. The number of nitrogens with zero attached hydrogens (tertiary/aromatic N) is 3. The highest BCUT2D eigenvalue weighted by Crippen LogP contribution is 2.14. The molecule has 0 bridgehead atoms. The van der Waals surface area contributed by atoms with Crippen molar-refractivity contribution in [1.82, 2.24) is 14.6 Å². The van der Waals surface area contributed by atoms with Gasteiger partial charge in [-0.15, -0.1) is 0 Å². The molecule has 0 saturated carbocycles. The highest BCUT2D eigenvalue weighted by atomic mass is 16.1. The molecule has 2 heterocycles. The Balaban J connectivity index is 1.91. The maximum Gasteiger partial charge on any atom is 0.255 e. The normalized spacial score (nSPS) is 10.4. The molecule has 0 atom stereocenters. The Kier molecular flexibility index (Phi) is 2.49. The summed E-state index contributed by atoms with van der Waals surface area (Å²) in [4.78, 5) is 16.2. The van der Waals surface area contributed by atoms with Gasteiger partial charge in [-0.05, 0) is 18.2 Å². The maximum atomic E-state index is 12.0. The summed E-state index contributed by atoms with van der Waals surface area (Å²) >= 11 is 0. The van der Waals surface area contributed by atoms with Crippen LogP contribution in [0.5, 0.6) is 0 Å². The van der Waals surface area contributed by atoms with Crippen molar-refractivity contribution in [3.63, 3.8) is 0 Å². The van der Waals surface area contributed by atoms with E-state index in [0.717, 1.165) is 0 Å². The summed E-state index contributed by atoms with van der Waals surface area (Å²) in [7, 11) is 0. The molecule has 88 valence electrons. The van der Waals surface area contributed by atoms with Gasteiger partial charge in [0.25, 0.3) is 5.91 Å². The zero-order chi connectivity index (χ0) is 12.4. The van der Waals surface area contributed by atoms with Gasteiger partial charge in [0.05, 0.1) is 6.20 Å². The first-order valence-electron chi connectivity index (χ1n) is 5.49. The van der Waals surface area contributed by atoms with Crippen LogP contribution in [0.4, 0.5) is 5.69 Å². The Morgan fingerprint density at radius 1 is 1.17 bits per heavy atom. The predicted octanol–water partition coefficient (Wildman–Crippen LogP) is 1.98. The van der Waals surface area contributed by atoms with Crippen molar-refractivity contribution < 1.29 is 4.79 Å². The minimum Gasteiger partial charge on any atom is -0.317 e. The van der Waals surface area contributed by atoms with E-state index < -0.39 is 0 Å². The molecule has 2 aromatic heterocycles. The Morgan fingerprint density at radius 2 is 2.00 bits per heavy atom. The molecule has 1 aromatic carbocycles. The third-order valence-corrected chi connectivity index (χ3v) is 2.56. The molecule has 0 aliphatic carbocycles. The molecular formula is C13H10N4O. The van der Waals surface area contributed by atoms with Gasteiger partial charge in [0, 0.05) is 18.0 Å². The number of aromatic nitrogens is 3. The van der Waals surface area contributed by atoms with Crippen molar-refractivity contribution >= 4 is 17.2 Å². The Morgan fingerprint density at radius 3 is 2.83 bits per heavy atom. The van der Waals surface area contributed by atoms with Crippen LogP contribution in [-0.4, -0.2) is 20.5 Å². The lowest BCUT2D eigenvalue weighted by Crippen LogP contribution is -2.11. The van der Waals surface area contributed by atoms with Gasteiger partial charge in [-0.1, -0.05) is 18.2 Å². The summed E-state index contributed by atoms with van der Waals surface area (Å²) < 4.78 is 1.61. The molecule has 3 rings (SSSR count). The van der Waals surface area contributed by atoms with E-state index in [1.54, 1.807) is 41.3 Å². The molecule has 5 heteroatoms. The monoisotopic (exact) mass is 238 g/mol. The Labute approximate surface area is 103 Å². The quantitative estimate of drug-likeness (QED) is 0.742. The van der Waals surface area contributed by atoms with Crippen molar-refractivity contribution in [3.8, 4) is 0 Å². The number of nitrogens with one attached hydrogen (secondary N) is 1. The number of hydrogen-bond donors (Lipinski definition) is 1. The lowest BCUT2D eigenvalue weighted by Gasteiger charge is -2.02. The van der Waals surface area contributed by atoms with E-state index in [-0.39, 0.29) is 5.91 Å². The number of benzene rings is 1. The number of amides is 1. The van der Waals surface area contributed by atoms with Crippen molar-refractivity contribution in [2.75, 3.05) is 5.32 Å². The van der Waals surface area contributed by atoms with Crippen LogP contribution in [0.1, 0.15) is 10.4 Å². The first-order chi connectivity index (χ1) is 8.84. The highest BCUT2D eigenvalue weighted by Gasteiger charge is 2.09. The SMILES string of the molecule is O=C(Nc1cnn2cccnc12)c1ccccc1. The van der Waals surface area contributed by atoms with E-state index in [1.165, 1.54) is 0 Å². The number of hydrogen-bond acceptors (Lipinski definition) is 3. The lowest BCUT2D eigenvalue weighted by atomic mass is 10.2. The average molecular weight is 238 g/mol. The van der Waals surface area contributed by atoms with E-state index in [2.05, 4.69) is 15.4 Å². The van der Waals surface area contributed by atoms with E-state index in [0.29, 0.717) is 16.9 Å². The predicted molar refractivity (Wildman–Crippen MR) is 67.4 cm³/mol. The standard InChI is InChI=1S/C13H10N4O/c18-13(10-5-2-1-3-6-10)16-11-9-15-17-8-4-7-14-12(11)17/h1-9H,(H,16,18). The molecule has 0 spiro atoms. The summed E-state index contributed by atoms with van der Waals surface area (Å²) in [5.41, 5.74) is 1.83. The largest absolute Gasteiger partial charge is 0.317 e. The molecule has 0 saturated heterocycles. The lowest BCUT2D eigenvalue weighted by molar-refractivity contribution is 0.102. The molecule has 0 fully saturated rings. The fraction of sp³-hybridized carbons (Fsp3) is 0. The highest BCUT2D eigenvalue weighted by molar-refractivity contribution is 6.05. The van der Waals surface area contributed by atoms with Crippen molar-refractivity contribution in [2.24, 2.45) is 0 Å². The van der Waals surface area contributed by atoms with Gasteiger partial charge in [-0.25, -0.2) is 9.50 Å². The van der Waals surface area contributed by atoms with E-state index in [4.69, 9.17) is 0 Å². The summed E-state index contributed by atoms with van der Waals surface area (Å²) in [5, 5.41) is 6.90. The van der Waals surface area contributed by atoms with E-state index >= 15 is 0 Å². The van der Waals surface area contributed by atoms with Crippen LogP contribution >= 0.6 is 0 Å². The molecule has 0 aliphatic rings. The molecule has 0 aliphatic heterocycles. The second-order valence-electron chi connectivity index (χ2n) is 3.77. The topological polar surface area (TPSA) is 59.3 Å².